The number of primary amides is 1. The van der Waals surface area contributed by atoms with Gasteiger partial charge in [-0.2, -0.15) is 0 Å². The fraction of sp³-hybridized carbons (Fsp3) is 0.158. The number of amides is 2. The van der Waals surface area contributed by atoms with E-state index in [9.17, 15) is 19.7 Å². The minimum atomic E-state index is -0.952. The van der Waals surface area contributed by atoms with Crippen molar-refractivity contribution in [3.8, 4) is 0 Å². The summed E-state index contributed by atoms with van der Waals surface area (Å²) in [5, 5.41) is 22.2. The number of nitro benzene ring substituents is 1. The summed E-state index contributed by atoms with van der Waals surface area (Å²) in [5.74, 6) is -1.33. The van der Waals surface area contributed by atoms with Gasteiger partial charge < -0.3 is 15.6 Å². The Bertz CT molecular complexity index is 1090. The molecule has 3 aromatic rings. The van der Waals surface area contributed by atoms with Gasteiger partial charge in [0.1, 0.15) is 12.4 Å². The average Bonchev–Trinajstić information content (AvgIpc) is 3.12. The summed E-state index contributed by atoms with van der Waals surface area (Å²) in [4.78, 5) is 35.7. The van der Waals surface area contributed by atoms with Crippen molar-refractivity contribution in [3.05, 3.63) is 76.1 Å². The Morgan fingerprint density at radius 2 is 2.00 bits per heavy atom. The third-order valence-corrected chi connectivity index (χ3v) is 5.34. The maximum atomic E-state index is 12.6. The minimum Gasteiger partial charge on any atom is -0.368 e. The molecular formula is C19H18N6O4S. The molecule has 10 nitrogen and oxygen atoms in total. The van der Waals surface area contributed by atoms with Gasteiger partial charge in [0, 0.05) is 25.1 Å². The predicted octanol–water partition coefficient (Wildman–Crippen LogP) is 1.70. The second-order valence-corrected chi connectivity index (χ2v) is 7.39. The molecule has 2 amide bonds. The van der Waals surface area contributed by atoms with Crippen LogP contribution in [0.2, 0.25) is 0 Å². The first-order valence-electron chi connectivity index (χ1n) is 8.79. The zero-order valence-corrected chi connectivity index (χ0v) is 16.7. The summed E-state index contributed by atoms with van der Waals surface area (Å²) >= 11 is 1.06. The predicted molar refractivity (Wildman–Crippen MR) is 109 cm³/mol. The van der Waals surface area contributed by atoms with Crippen LogP contribution in [-0.4, -0.2) is 37.5 Å². The van der Waals surface area contributed by atoms with Crippen LogP contribution in [0.4, 0.5) is 5.69 Å². The Balaban J connectivity index is 1.80. The van der Waals surface area contributed by atoms with Gasteiger partial charge in [-0.3, -0.25) is 19.7 Å². The quantitative estimate of drug-likeness (QED) is 0.412. The number of hydrogen-bond donors (Lipinski definition) is 2. The van der Waals surface area contributed by atoms with Crippen molar-refractivity contribution in [1.29, 1.82) is 0 Å². The highest BCUT2D eigenvalue weighted by molar-refractivity contribution is 7.99. The number of nitrogens with one attached hydrogen (secondary N) is 1. The first-order chi connectivity index (χ1) is 14.3. The Hall–Kier alpha value is -3.73. The lowest BCUT2D eigenvalue weighted by Gasteiger charge is -2.16. The van der Waals surface area contributed by atoms with Crippen LogP contribution in [0, 0.1) is 10.1 Å². The second-order valence-electron chi connectivity index (χ2n) is 6.38. The van der Waals surface area contributed by atoms with E-state index in [0.717, 1.165) is 23.4 Å². The van der Waals surface area contributed by atoms with Gasteiger partial charge in [-0.15, -0.1) is 10.2 Å². The Morgan fingerprint density at radius 3 is 2.60 bits per heavy atom. The molecule has 3 N–H and O–H groups in total. The van der Waals surface area contributed by atoms with Crippen LogP contribution in [0.5, 0.6) is 0 Å². The van der Waals surface area contributed by atoms with Gasteiger partial charge in [0.05, 0.1) is 9.82 Å². The number of carbonyl (C=O) groups excluding carboxylic acids is 2. The number of rotatable bonds is 8. The molecule has 0 saturated carbocycles. The first kappa shape index (κ1) is 21.0. The fourth-order valence-electron chi connectivity index (χ4n) is 2.67. The Labute approximate surface area is 175 Å². The van der Waals surface area contributed by atoms with Crippen LogP contribution in [-0.2, 0) is 18.3 Å². The van der Waals surface area contributed by atoms with E-state index >= 15 is 0 Å². The van der Waals surface area contributed by atoms with Crippen molar-refractivity contribution in [2.24, 2.45) is 12.8 Å². The topological polar surface area (TPSA) is 146 Å². The van der Waals surface area contributed by atoms with Crippen LogP contribution in [0.25, 0.3) is 0 Å². The van der Waals surface area contributed by atoms with Crippen LogP contribution in [0.3, 0.4) is 0 Å². The molecule has 154 valence electrons. The van der Waals surface area contributed by atoms with Gasteiger partial charge in [-0.1, -0.05) is 30.3 Å². The third-order valence-electron chi connectivity index (χ3n) is 4.22. The molecule has 0 saturated heterocycles. The lowest BCUT2D eigenvalue weighted by Crippen LogP contribution is -2.45. The van der Waals surface area contributed by atoms with E-state index in [1.54, 1.807) is 11.6 Å². The summed E-state index contributed by atoms with van der Waals surface area (Å²) in [5.41, 5.74) is 6.03. The van der Waals surface area contributed by atoms with Crippen molar-refractivity contribution in [2.45, 2.75) is 22.5 Å². The van der Waals surface area contributed by atoms with E-state index in [2.05, 4.69) is 15.5 Å². The summed E-state index contributed by atoms with van der Waals surface area (Å²) in [6.07, 6.45) is 1.69. The van der Waals surface area contributed by atoms with Crippen LogP contribution >= 0.6 is 11.8 Å². The van der Waals surface area contributed by atoms with E-state index in [-0.39, 0.29) is 17.7 Å². The average molecular weight is 426 g/mol. The molecule has 1 atom stereocenters. The number of nitrogens with zero attached hydrogens (tertiary/aromatic N) is 4. The number of nitro groups is 1. The summed E-state index contributed by atoms with van der Waals surface area (Å²) < 4.78 is 1.62. The monoisotopic (exact) mass is 426 g/mol. The van der Waals surface area contributed by atoms with Gasteiger partial charge in [-0.25, -0.2) is 0 Å². The number of carbonyl (C=O) groups is 2. The summed E-state index contributed by atoms with van der Waals surface area (Å²) in [6.45, 7) is 0. The fourth-order valence-corrected chi connectivity index (χ4v) is 3.51. The zero-order chi connectivity index (χ0) is 21.7. The van der Waals surface area contributed by atoms with Gasteiger partial charge in [-0.05, 0) is 29.5 Å². The number of nitrogens with two attached hydrogens (primary N) is 1. The highest BCUT2D eigenvalue weighted by Gasteiger charge is 2.23. The SMILES string of the molecule is Cn1cnnc1Sc1ccc(C(=O)NC(Cc2ccccc2)C(N)=O)cc1[N+](=O)[O-]. The number of hydrogen-bond acceptors (Lipinski definition) is 7. The van der Waals surface area contributed by atoms with Gasteiger partial charge in [0.25, 0.3) is 11.6 Å². The van der Waals surface area contributed by atoms with Crippen molar-refractivity contribution in [1.82, 2.24) is 20.1 Å². The Morgan fingerprint density at radius 1 is 1.27 bits per heavy atom. The van der Waals surface area contributed by atoms with Crippen LogP contribution in [0.15, 0.2) is 64.9 Å². The second kappa shape index (κ2) is 9.18. The lowest BCUT2D eigenvalue weighted by atomic mass is 10.0. The zero-order valence-electron chi connectivity index (χ0n) is 15.9. The summed E-state index contributed by atoms with van der Waals surface area (Å²) in [6, 6.07) is 12.2. The molecule has 3 rings (SSSR count). The third kappa shape index (κ3) is 5.00. The maximum absolute atomic E-state index is 12.6. The molecule has 0 aliphatic rings. The number of benzene rings is 2. The molecule has 0 bridgehead atoms. The van der Waals surface area contributed by atoms with Gasteiger partial charge in [0.2, 0.25) is 5.91 Å². The van der Waals surface area contributed by atoms with E-state index in [1.165, 1.54) is 18.5 Å². The molecule has 2 aromatic carbocycles. The highest BCUT2D eigenvalue weighted by atomic mass is 32.2. The van der Waals surface area contributed by atoms with E-state index in [0.29, 0.717) is 10.1 Å². The number of aryl methyl sites for hydroxylation is 1. The largest absolute Gasteiger partial charge is 0.368 e. The maximum Gasteiger partial charge on any atom is 0.284 e. The van der Waals surface area contributed by atoms with Crippen LogP contribution in [0.1, 0.15) is 15.9 Å². The van der Waals surface area contributed by atoms with E-state index in [4.69, 9.17) is 5.73 Å². The molecule has 1 unspecified atom stereocenters. The molecule has 1 heterocycles. The normalized spacial score (nSPS) is 11.6. The molecule has 1 aromatic heterocycles. The standard InChI is InChI=1S/C19H18N6O4S/c1-24-11-21-23-19(24)30-16-8-7-13(10-15(16)25(28)29)18(27)22-14(17(20)26)9-12-5-3-2-4-6-12/h2-8,10-11,14H,9H2,1H3,(H2,20,26)(H,22,27). The van der Waals surface area contributed by atoms with Crippen molar-refractivity contribution in [2.75, 3.05) is 0 Å². The molecule has 0 aliphatic heterocycles. The van der Waals surface area contributed by atoms with E-state index < -0.39 is 22.8 Å². The van der Waals surface area contributed by atoms with Gasteiger partial charge in [0.15, 0.2) is 5.16 Å². The highest BCUT2D eigenvalue weighted by Crippen LogP contribution is 2.34. The molecule has 0 spiro atoms. The summed E-state index contributed by atoms with van der Waals surface area (Å²) in [7, 11) is 1.71. The molecule has 0 fully saturated rings. The molecule has 0 aliphatic carbocycles. The van der Waals surface area contributed by atoms with Crippen molar-refractivity contribution >= 4 is 29.3 Å². The molecular weight excluding hydrogens is 408 g/mol. The molecule has 30 heavy (non-hydrogen) atoms. The molecule has 0 radical (unpaired) electrons. The Kier molecular flexibility index (Phi) is 6.42. The smallest absolute Gasteiger partial charge is 0.284 e. The minimum absolute atomic E-state index is 0.0447. The van der Waals surface area contributed by atoms with Crippen LogP contribution < -0.4 is 11.1 Å². The van der Waals surface area contributed by atoms with Gasteiger partial charge >= 0.3 is 0 Å². The lowest BCUT2D eigenvalue weighted by molar-refractivity contribution is -0.387. The molecule has 11 heteroatoms. The number of aromatic nitrogens is 3. The van der Waals surface area contributed by atoms with Crippen molar-refractivity contribution in [3.63, 3.8) is 0 Å². The van der Waals surface area contributed by atoms with E-state index in [1.807, 2.05) is 30.3 Å². The first-order valence-corrected chi connectivity index (χ1v) is 9.61. The van der Waals surface area contributed by atoms with Crippen molar-refractivity contribution < 1.29 is 14.5 Å².